The molecule has 4 saturated carbocycles. The van der Waals surface area contributed by atoms with Crippen molar-refractivity contribution in [2.24, 2.45) is 23.5 Å². The molecule has 4 nitrogen and oxygen atoms in total. The molecule has 4 N–H and O–H groups in total. The highest BCUT2D eigenvalue weighted by Crippen LogP contribution is 2.55. The molecule has 96 valence electrons. The Bertz CT molecular complexity index is 294. The number of rotatable bonds is 4. The van der Waals surface area contributed by atoms with Gasteiger partial charge in [0, 0.05) is 12.1 Å². The summed E-state index contributed by atoms with van der Waals surface area (Å²) in [7, 11) is 0. The fraction of sp³-hybridized carbons (Fsp3) is 0.923. The molecule has 0 aromatic carbocycles. The van der Waals surface area contributed by atoms with E-state index in [9.17, 15) is 4.79 Å². The lowest BCUT2D eigenvalue weighted by atomic mass is 9.53. The van der Waals surface area contributed by atoms with Gasteiger partial charge in [-0.25, -0.2) is 0 Å². The van der Waals surface area contributed by atoms with Gasteiger partial charge in [0.15, 0.2) is 0 Å². The van der Waals surface area contributed by atoms with E-state index >= 15 is 0 Å². The zero-order valence-electron chi connectivity index (χ0n) is 10.2. The van der Waals surface area contributed by atoms with E-state index in [1.807, 2.05) is 0 Å². The normalized spacial score (nSPS) is 44.9. The number of hydrogen-bond acceptors (Lipinski definition) is 3. The van der Waals surface area contributed by atoms with Gasteiger partial charge in [-0.2, -0.15) is 0 Å². The third kappa shape index (κ3) is 2.08. The smallest absolute Gasteiger partial charge is 0.321 e. The lowest BCUT2D eigenvalue weighted by Gasteiger charge is -2.57. The SMILES string of the molecule is NC(CNC12CC3CC(CC(C3)C1)C2)C(=O)O. The standard InChI is InChI=1S/C13H22N2O2/c14-11(12(16)17)7-15-13-4-8-1-9(5-13)3-10(2-8)6-13/h8-11,15H,1-7,14H2,(H,16,17). The molecule has 0 radical (unpaired) electrons. The topological polar surface area (TPSA) is 75.3 Å². The van der Waals surface area contributed by atoms with Crippen LogP contribution in [0, 0.1) is 17.8 Å². The molecule has 4 heteroatoms. The molecule has 0 spiro atoms. The van der Waals surface area contributed by atoms with E-state index < -0.39 is 12.0 Å². The van der Waals surface area contributed by atoms with E-state index in [0.717, 1.165) is 17.8 Å². The lowest BCUT2D eigenvalue weighted by molar-refractivity contribution is -0.138. The van der Waals surface area contributed by atoms with Gasteiger partial charge in [-0.3, -0.25) is 4.79 Å². The molecule has 1 atom stereocenters. The summed E-state index contributed by atoms with van der Waals surface area (Å²) in [5, 5.41) is 12.3. The zero-order valence-corrected chi connectivity index (χ0v) is 10.2. The van der Waals surface area contributed by atoms with Gasteiger partial charge in [-0.05, 0) is 56.3 Å². The van der Waals surface area contributed by atoms with Crippen molar-refractivity contribution in [1.82, 2.24) is 5.32 Å². The maximum Gasteiger partial charge on any atom is 0.321 e. The molecule has 0 amide bonds. The van der Waals surface area contributed by atoms with Gasteiger partial charge in [0.25, 0.3) is 0 Å². The Balaban J connectivity index is 1.64. The Labute approximate surface area is 102 Å². The number of carboxylic acid groups (broad SMARTS) is 1. The van der Waals surface area contributed by atoms with Crippen LogP contribution in [0.4, 0.5) is 0 Å². The minimum Gasteiger partial charge on any atom is -0.480 e. The summed E-state index contributed by atoms with van der Waals surface area (Å²) in [5.41, 5.74) is 5.81. The summed E-state index contributed by atoms with van der Waals surface area (Å²) in [6.45, 7) is 0.418. The summed E-state index contributed by atoms with van der Waals surface area (Å²) in [4.78, 5) is 10.8. The molecule has 0 heterocycles. The van der Waals surface area contributed by atoms with Gasteiger partial charge >= 0.3 is 5.97 Å². The lowest BCUT2D eigenvalue weighted by Crippen LogP contribution is -2.60. The van der Waals surface area contributed by atoms with E-state index in [1.165, 1.54) is 38.5 Å². The molecular weight excluding hydrogens is 216 g/mol. The molecule has 4 aliphatic rings. The second kappa shape index (κ2) is 3.95. The van der Waals surface area contributed by atoms with Crippen molar-refractivity contribution >= 4 is 5.97 Å². The quantitative estimate of drug-likeness (QED) is 0.682. The van der Waals surface area contributed by atoms with Crippen LogP contribution in [0.3, 0.4) is 0 Å². The van der Waals surface area contributed by atoms with Crippen LogP contribution in [0.25, 0.3) is 0 Å². The molecule has 4 fully saturated rings. The highest BCUT2D eigenvalue weighted by Gasteiger charge is 2.50. The van der Waals surface area contributed by atoms with Crippen molar-refractivity contribution in [3.05, 3.63) is 0 Å². The Morgan fingerprint density at radius 2 is 1.71 bits per heavy atom. The first-order valence-electron chi connectivity index (χ1n) is 6.80. The minimum atomic E-state index is -0.901. The van der Waals surface area contributed by atoms with Crippen LogP contribution in [0.5, 0.6) is 0 Å². The number of carbonyl (C=O) groups is 1. The van der Waals surface area contributed by atoms with E-state index in [1.54, 1.807) is 0 Å². The summed E-state index contributed by atoms with van der Waals surface area (Å²) >= 11 is 0. The number of nitrogens with one attached hydrogen (secondary N) is 1. The number of hydrogen-bond donors (Lipinski definition) is 3. The highest BCUT2D eigenvalue weighted by atomic mass is 16.4. The second-order valence-corrected chi connectivity index (χ2v) is 6.52. The number of aliphatic carboxylic acids is 1. The van der Waals surface area contributed by atoms with E-state index in [-0.39, 0.29) is 5.54 Å². The molecule has 17 heavy (non-hydrogen) atoms. The maximum absolute atomic E-state index is 10.8. The third-order valence-corrected chi connectivity index (χ3v) is 5.05. The first-order chi connectivity index (χ1) is 8.06. The molecular formula is C13H22N2O2. The predicted octanol–water partition coefficient (Wildman–Crippen LogP) is 0.957. The van der Waals surface area contributed by atoms with Gasteiger partial charge in [-0.1, -0.05) is 0 Å². The molecule has 1 unspecified atom stereocenters. The molecule has 0 saturated heterocycles. The van der Waals surface area contributed by atoms with Crippen molar-refractivity contribution in [3.63, 3.8) is 0 Å². The van der Waals surface area contributed by atoms with Gasteiger partial charge < -0.3 is 16.2 Å². The Hall–Kier alpha value is -0.610. The number of carboxylic acids is 1. The average Bonchev–Trinajstić information content (AvgIpc) is 2.24. The summed E-state index contributed by atoms with van der Waals surface area (Å²) in [6, 6.07) is -0.761. The van der Waals surface area contributed by atoms with E-state index in [4.69, 9.17) is 10.8 Å². The summed E-state index contributed by atoms with van der Waals surface area (Å²) in [5.74, 6) is 1.75. The fourth-order valence-corrected chi connectivity index (χ4v) is 4.74. The molecule has 0 aromatic rings. The second-order valence-electron chi connectivity index (χ2n) is 6.52. The van der Waals surface area contributed by atoms with Crippen LogP contribution >= 0.6 is 0 Å². The summed E-state index contributed by atoms with van der Waals surface area (Å²) in [6.07, 6.45) is 7.95. The first-order valence-corrected chi connectivity index (χ1v) is 6.80. The van der Waals surface area contributed by atoms with Crippen LogP contribution in [0.2, 0.25) is 0 Å². The van der Waals surface area contributed by atoms with Crippen LogP contribution in [-0.2, 0) is 4.79 Å². The van der Waals surface area contributed by atoms with Crippen molar-refractivity contribution < 1.29 is 9.90 Å². The zero-order chi connectivity index (χ0) is 12.0. The summed E-state index contributed by atoms with van der Waals surface area (Å²) < 4.78 is 0. The van der Waals surface area contributed by atoms with Crippen molar-refractivity contribution in [2.75, 3.05) is 6.54 Å². The van der Waals surface area contributed by atoms with Crippen LogP contribution in [0.1, 0.15) is 38.5 Å². The predicted molar refractivity (Wildman–Crippen MR) is 64.5 cm³/mol. The Kier molecular flexibility index (Phi) is 2.67. The van der Waals surface area contributed by atoms with Crippen LogP contribution in [-0.4, -0.2) is 29.2 Å². The molecule has 4 bridgehead atoms. The van der Waals surface area contributed by atoms with Gasteiger partial charge in [0.05, 0.1) is 0 Å². The minimum absolute atomic E-state index is 0.224. The largest absolute Gasteiger partial charge is 0.480 e. The van der Waals surface area contributed by atoms with Gasteiger partial charge in [-0.15, -0.1) is 0 Å². The highest BCUT2D eigenvalue weighted by molar-refractivity contribution is 5.73. The number of nitrogens with two attached hydrogens (primary N) is 1. The molecule has 0 aliphatic heterocycles. The average molecular weight is 238 g/mol. The Morgan fingerprint density at radius 1 is 1.24 bits per heavy atom. The van der Waals surface area contributed by atoms with Gasteiger partial charge in [0.2, 0.25) is 0 Å². The van der Waals surface area contributed by atoms with Crippen molar-refractivity contribution in [1.29, 1.82) is 0 Å². The molecule has 0 aromatic heterocycles. The van der Waals surface area contributed by atoms with Crippen LogP contribution < -0.4 is 11.1 Å². The van der Waals surface area contributed by atoms with E-state index in [0.29, 0.717) is 6.54 Å². The van der Waals surface area contributed by atoms with Gasteiger partial charge in [0.1, 0.15) is 6.04 Å². The van der Waals surface area contributed by atoms with E-state index in [2.05, 4.69) is 5.32 Å². The maximum atomic E-state index is 10.8. The monoisotopic (exact) mass is 238 g/mol. The first kappa shape index (κ1) is 11.5. The third-order valence-electron chi connectivity index (χ3n) is 5.05. The fourth-order valence-electron chi connectivity index (χ4n) is 4.74. The van der Waals surface area contributed by atoms with Crippen molar-refractivity contribution in [2.45, 2.75) is 50.1 Å². The van der Waals surface area contributed by atoms with Crippen LogP contribution in [0.15, 0.2) is 0 Å². The molecule has 4 aliphatic carbocycles. The van der Waals surface area contributed by atoms with Crippen molar-refractivity contribution in [3.8, 4) is 0 Å². The Morgan fingerprint density at radius 3 is 2.12 bits per heavy atom. The molecule has 4 rings (SSSR count).